The molecular formula is C23H29N3OS. The standard InChI is InChI=1S/C23H29N3OS/c1-14-9-12-18-19(13-14)28-23-20(18)22(27)25-21(26-23)16(3)24-15(2)10-11-17-7-5-4-6-8-17/h4-8,14-16,24H,9-13H2,1-3H3,(H,25,26,27)/t14-,15+,16+/m1/s1. The first-order chi connectivity index (χ1) is 13.5. The minimum atomic E-state index is 0.0147. The van der Waals surface area contributed by atoms with Crippen LogP contribution in [0, 0.1) is 5.92 Å². The molecule has 0 aliphatic heterocycles. The van der Waals surface area contributed by atoms with E-state index in [1.807, 2.05) is 0 Å². The molecule has 0 saturated heterocycles. The van der Waals surface area contributed by atoms with Crippen molar-refractivity contribution in [2.24, 2.45) is 5.92 Å². The highest BCUT2D eigenvalue weighted by Gasteiger charge is 2.24. The number of nitrogens with zero attached hydrogens (tertiary/aromatic N) is 1. The number of nitrogens with one attached hydrogen (secondary N) is 2. The van der Waals surface area contributed by atoms with Gasteiger partial charge in [-0.1, -0.05) is 37.3 Å². The van der Waals surface area contributed by atoms with Crippen molar-refractivity contribution in [3.63, 3.8) is 0 Å². The molecule has 28 heavy (non-hydrogen) atoms. The highest BCUT2D eigenvalue weighted by atomic mass is 32.1. The second kappa shape index (κ2) is 8.18. The third-order valence-corrected chi connectivity index (χ3v) is 6.99. The Hall–Kier alpha value is -1.98. The summed E-state index contributed by atoms with van der Waals surface area (Å²) in [5.74, 6) is 1.45. The lowest BCUT2D eigenvalue weighted by atomic mass is 9.89. The predicted octanol–water partition coefficient (Wildman–Crippen LogP) is 4.78. The van der Waals surface area contributed by atoms with Gasteiger partial charge in [0.1, 0.15) is 10.7 Å². The Kier molecular flexibility index (Phi) is 5.65. The number of aromatic amines is 1. The molecule has 3 aromatic rings. The maximum atomic E-state index is 12.8. The summed E-state index contributed by atoms with van der Waals surface area (Å²) in [4.78, 5) is 23.0. The Morgan fingerprint density at radius 1 is 1.29 bits per heavy atom. The van der Waals surface area contributed by atoms with Crippen LogP contribution in [0.3, 0.4) is 0 Å². The molecule has 0 saturated carbocycles. The van der Waals surface area contributed by atoms with E-state index in [0.29, 0.717) is 12.0 Å². The quantitative estimate of drug-likeness (QED) is 0.631. The molecule has 148 valence electrons. The van der Waals surface area contributed by atoms with Gasteiger partial charge in [0, 0.05) is 10.9 Å². The fourth-order valence-electron chi connectivity index (χ4n) is 4.19. The van der Waals surface area contributed by atoms with Gasteiger partial charge in [0.15, 0.2) is 0 Å². The Balaban J connectivity index is 1.48. The molecule has 2 heterocycles. The summed E-state index contributed by atoms with van der Waals surface area (Å²) in [5, 5.41) is 4.43. The molecule has 3 atom stereocenters. The van der Waals surface area contributed by atoms with Gasteiger partial charge >= 0.3 is 0 Å². The Morgan fingerprint density at radius 2 is 2.07 bits per heavy atom. The molecule has 0 amide bonds. The first kappa shape index (κ1) is 19.3. The highest BCUT2D eigenvalue weighted by Crippen LogP contribution is 2.35. The average Bonchev–Trinajstić information content (AvgIpc) is 3.05. The van der Waals surface area contributed by atoms with Crippen LogP contribution in [0.15, 0.2) is 35.1 Å². The topological polar surface area (TPSA) is 57.8 Å². The average molecular weight is 396 g/mol. The van der Waals surface area contributed by atoms with Crippen molar-refractivity contribution >= 4 is 21.6 Å². The van der Waals surface area contributed by atoms with Crippen LogP contribution in [0.5, 0.6) is 0 Å². The number of aromatic nitrogens is 2. The molecule has 0 fully saturated rings. The predicted molar refractivity (Wildman–Crippen MR) is 117 cm³/mol. The Bertz CT molecular complexity index is 1010. The normalized spacial score (nSPS) is 18.8. The molecule has 1 aliphatic rings. The van der Waals surface area contributed by atoms with Gasteiger partial charge in [0.25, 0.3) is 5.56 Å². The van der Waals surface area contributed by atoms with E-state index in [1.54, 1.807) is 11.3 Å². The monoisotopic (exact) mass is 395 g/mol. The SMILES string of the molecule is C[C@@H]1CCc2c(sc3nc([C@H](C)N[C@@H](C)CCc4ccccc4)[nH]c(=O)c23)C1. The summed E-state index contributed by atoms with van der Waals surface area (Å²) in [5.41, 5.74) is 2.63. The number of thiophene rings is 1. The van der Waals surface area contributed by atoms with E-state index in [0.717, 1.165) is 48.1 Å². The van der Waals surface area contributed by atoms with Crippen molar-refractivity contribution in [1.82, 2.24) is 15.3 Å². The molecule has 1 aliphatic carbocycles. The molecule has 0 spiro atoms. The van der Waals surface area contributed by atoms with Crippen LogP contribution < -0.4 is 10.9 Å². The molecule has 5 heteroatoms. The molecule has 0 radical (unpaired) electrons. The zero-order valence-electron chi connectivity index (χ0n) is 16.9. The van der Waals surface area contributed by atoms with E-state index in [1.165, 1.54) is 16.0 Å². The van der Waals surface area contributed by atoms with E-state index in [-0.39, 0.29) is 11.6 Å². The van der Waals surface area contributed by atoms with E-state index in [9.17, 15) is 4.79 Å². The summed E-state index contributed by atoms with van der Waals surface area (Å²) in [7, 11) is 0. The van der Waals surface area contributed by atoms with Gasteiger partial charge in [-0.3, -0.25) is 4.79 Å². The van der Waals surface area contributed by atoms with Crippen LogP contribution in [-0.4, -0.2) is 16.0 Å². The Labute approximate surface area is 170 Å². The van der Waals surface area contributed by atoms with E-state index >= 15 is 0 Å². The second-order valence-corrected chi connectivity index (χ2v) is 9.38. The van der Waals surface area contributed by atoms with Crippen molar-refractivity contribution < 1.29 is 0 Å². The van der Waals surface area contributed by atoms with Gasteiger partial charge < -0.3 is 10.3 Å². The molecule has 4 rings (SSSR count). The summed E-state index contributed by atoms with van der Waals surface area (Å²) < 4.78 is 0. The third kappa shape index (κ3) is 4.06. The van der Waals surface area contributed by atoms with Gasteiger partial charge in [0.2, 0.25) is 0 Å². The third-order valence-electron chi connectivity index (χ3n) is 5.84. The van der Waals surface area contributed by atoms with Crippen LogP contribution in [0.25, 0.3) is 10.2 Å². The largest absolute Gasteiger partial charge is 0.309 e. The number of H-pyrrole nitrogens is 1. The molecule has 0 bridgehead atoms. The Morgan fingerprint density at radius 3 is 2.86 bits per heavy atom. The van der Waals surface area contributed by atoms with Crippen molar-refractivity contribution in [1.29, 1.82) is 0 Å². The first-order valence-corrected chi connectivity index (χ1v) is 11.2. The van der Waals surface area contributed by atoms with Crippen LogP contribution >= 0.6 is 11.3 Å². The van der Waals surface area contributed by atoms with E-state index in [4.69, 9.17) is 4.98 Å². The lowest BCUT2D eigenvalue weighted by molar-refractivity contribution is 0.443. The van der Waals surface area contributed by atoms with Crippen molar-refractivity contribution in [2.75, 3.05) is 0 Å². The number of hydrogen-bond acceptors (Lipinski definition) is 4. The molecule has 4 nitrogen and oxygen atoms in total. The van der Waals surface area contributed by atoms with Crippen LogP contribution in [0.4, 0.5) is 0 Å². The fourth-order valence-corrected chi connectivity index (χ4v) is 5.58. The molecule has 2 aromatic heterocycles. The number of aryl methyl sites for hydroxylation is 2. The van der Waals surface area contributed by atoms with Crippen molar-refractivity contribution in [3.05, 3.63) is 62.5 Å². The zero-order chi connectivity index (χ0) is 19.7. The van der Waals surface area contributed by atoms with Gasteiger partial charge in [-0.2, -0.15) is 0 Å². The number of benzene rings is 1. The van der Waals surface area contributed by atoms with Gasteiger partial charge in [-0.25, -0.2) is 4.98 Å². The maximum Gasteiger partial charge on any atom is 0.259 e. The minimum absolute atomic E-state index is 0.0147. The number of rotatable bonds is 6. The first-order valence-electron chi connectivity index (χ1n) is 10.4. The highest BCUT2D eigenvalue weighted by molar-refractivity contribution is 7.18. The van der Waals surface area contributed by atoms with Gasteiger partial charge in [0.05, 0.1) is 11.4 Å². The van der Waals surface area contributed by atoms with Gasteiger partial charge in [-0.15, -0.1) is 11.3 Å². The second-order valence-electron chi connectivity index (χ2n) is 8.30. The van der Waals surface area contributed by atoms with Crippen LogP contribution in [0.1, 0.15) is 61.5 Å². The smallest absolute Gasteiger partial charge is 0.259 e. The summed E-state index contributed by atoms with van der Waals surface area (Å²) >= 11 is 1.72. The lowest BCUT2D eigenvalue weighted by Crippen LogP contribution is -2.31. The van der Waals surface area contributed by atoms with Gasteiger partial charge in [-0.05, 0) is 63.0 Å². The van der Waals surface area contributed by atoms with E-state index in [2.05, 4.69) is 61.4 Å². The maximum absolute atomic E-state index is 12.8. The summed E-state index contributed by atoms with van der Waals surface area (Å²) in [6.07, 6.45) is 5.34. The summed E-state index contributed by atoms with van der Waals surface area (Å²) in [6.45, 7) is 6.57. The molecular weight excluding hydrogens is 366 g/mol. The molecule has 0 unspecified atom stereocenters. The van der Waals surface area contributed by atoms with E-state index < -0.39 is 0 Å². The zero-order valence-corrected chi connectivity index (χ0v) is 17.7. The van der Waals surface area contributed by atoms with Crippen molar-refractivity contribution in [2.45, 2.75) is 65.0 Å². The summed E-state index contributed by atoms with van der Waals surface area (Å²) in [6, 6.07) is 10.9. The molecule has 1 aromatic carbocycles. The van der Waals surface area contributed by atoms with Crippen LogP contribution in [-0.2, 0) is 19.3 Å². The van der Waals surface area contributed by atoms with Crippen LogP contribution in [0.2, 0.25) is 0 Å². The lowest BCUT2D eigenvalue weighted by Gasteiger charge is -2.19. The van der Waals surface area contributed by atoms with Crippen molar-refractivity contribution in [3.8, 4) is 0 Å². The molecule has 2 N–H and O–H groups in total. The minimum Gasteiger partial charge on any atom is -0.309 e. The number of fused-ring (bicyclic) bond motifs is 3. The fraction of sp³-hybridized carbons (Fsp3) is 0.478. The number of hydrogen-bond donors (Lipinski definition) is 2.